The summed E-state index contributed by atoms with van der Waals surface area (Å²) < 4.78 is 5.34. The van der Waals surface area contributed by atoms with E-state index >= 15 is 0 Å². The zero-order valence-corrected chi connectivity index (χ0v) is 15.7. The first-order chi connectivity index (χ1) is 13.4. The molecule has 146 valence electrons. The average Bonchev–Trinajstić information content (AvgIpc) is 2.71. The molecule has 0 saturated heterocycles. The highest BCUT2D eigenvalue weighted by atomic mass is 32.1. The van der Waals surface area contributed by atoms with Crippen LogP contribution in [0.2, 0.25) is 0 Å². The van der Waals surface area contributed by atoms with Crippen molar-refractivity contribution >= 4 is 34.8 Å². The monoisotopic (exact) mass is 402 g/mol. The molecule has 0 aliphatic rings. The minimum atomic E-state index is -0.650. The fourth-order valence-corrected chi connectivity index (χ4v) is 2.24. The number of carbonyl (C=O) groups is 2. The predicted octanol–water partition coefficient (Wildman–Crippen LogP) is 1.87. The van der Waals surface area contributed by atoms with E-state index in [0.717, 1.165) is 18.1 Å². The van der Waals surface area contributed by atoms with Gasteiger partial charge in [0.05, 0.1) is 4.92 Å². The number of thiocarbonyl (C=S) groups is 1. The Morgan fingerprint density at radius 1 is 1.14 bits per heavy atom. The van der Waals surface area contributed by atoms with Gasteiger partial charge in [0.25, 0.3) is 17.5 Å². The molecule has 0 fully saturated rings. The number of benzene rings is 2. The highest BCUT2D eigenvalue weighted by molar-refractivity contribution is 7.80. The Morgan fingerprint density at radius 3 is 2.50 bits per heavy atom. The Kier molecular flexibility index (Phi) is 7.40. The van der Waals surface area contributed by atoms with Gasteiger partial charge in [-0.1, -0.05) is 25.1 Å². The van der Waals surface area contributed by atoms with Gasteiger partial charge < -0.3 is 4.74 Å². The molecule has 0 aromatic heterocycles. The SMILES string of the molecule is CCc1ccc(OCC(=O)NNC(=S)NC(=O)c2cccc([N+](=O)[O-])c2)cc1. The van der Waals surface area contributed by atoms with Crippen LogP contribution in [-0.4, -0.2) is 28.5 Å². The Morgan fingerprint density at radius 2 is 1.86 bits per heavy atom. The molecule has 0 unspecified atom stereocenters. The quantitative estimate of drug-likeness (QED) is 0.383. The number of aryl methyl sites for hydroxylation is 1. The van der Waals surface area contributed by atoms with Crippen LogP contribution in [0.5, 0.6) is 5.75 Å². The number of nitro groups is 1. The largest absolute Gasteiger partial charge is 0.484 e. The van der Waals surface area contributed by atoms with E-state index in [1.54, 1.807) is 12.1 Å². The number of amides is 2. The summed E-state index contributed by atoms with van der Waals surface area (Å²) in [6.07, 6.45) is 0.907. The number of nitrogens with one attached hydrogen (secondary N) is 3. The summed E-state index contributed by atoms with van der Waals surface area (Å²) in [6, 6.07) is 12.5. The second-order valence-corrected chi connectivity index (χ2v) is 5.96. The van der Waals surface area contributed by atoms with Crippen molar-refractivity contribution in [2.24, 2.45) is 0 Å². The van der Waals surface area contributed by atoms with E-state index < -0.39 is 16.7 Å². The molecular weight excluding hydrogens is 384 g/mol. The molecule has 2 aromatic carbocycles. The van der Waals surface area contributed by atoms with Crippen molar-refractivity contribution in [3.8, 4) is 5.75 Å². The van der Waals surface area contributed by atoms with Crippen molar-refractivity contribution in [3.63, 3.8) is 0 Å². The van der Waals surface area contributed by atoms with E-state index in [-0.39, 0.29) is 23.0 Å². The van der Waals surface area contributed by atoms with E-state index in [1.165, 1.54) is 18.2 Å². The lowest BCUT2D eigenvalue weighted by Crippen LogP contribution is -2.49. The molecular formula is C18H18N4O5S. The van der Waals surface area contributed by atoms with Crippen LogP contribution in [0.1, 0.15) is 22.8 Å². The molecule has 0 heterocycles. The minimum absolute atomic E-state index is 0.0588. The molecule has 28 heavy (non-hydrogen) atoms. The van der Waals surface area contributed by atoms with Gasteiger partial charge >= 0.3 is 0 Å². The van der Waals surface area contributed by atoms with Crippen molar-refractivity contribution < 1.29 is 19.2 Å². The smallest absolute Gasteiger partial charge is 0.276 e. The first-order valence-electron chi connectivity index (χ1n) is 8.25. The second kappa shape index (κ2) is 9.97. The van der Waals surface area contributed by atoms with Gasteiger partial charge in [0.2, 0.25) is 0 Å². The van der Waals surface area contributed by atoms with Crippen LogP contribution in [-0.2, 0) is 11.2 Å². The van der Waals surface area contributed by atoms with Gasteiger partial charge in [-0.3, -0.25) is 35.9 Å². The predicted molar refractivity (Wildman–Crippen MR) is 106 cm³/mol. The molecule has 0 aliphatic carbocycles. The van der Waals surface area contributed by atoms with Crippen molar-refractivity contribution in [1.82, 2.24) is 16.2 Å². The van der Waals surface area contributed by atoms with Gasteiger partial charge in [-0.2, -0.15) is 0 Å². The van der Waals surface area contributed by atoms with Gasteiger partial charge in [-0.05, 0) is 42.4 Å². The Balaban J connectivity index is 1.76. The van der Waals surface area contributed by atoms with Crippen LogP contribution < -0.4 is 20.9 Å². The van der Waals surface area contributed by atoms with Crippen LogP contribution in [0.3, 0.4) is 0 Å². The van der Waals surface area contributed by atoms with Gasteiger partial charge in [-0.25, -0.2) is 0 Å². The first-order valence-corrected chi connectivity index (χ1v) is 8.66. The van der Waals surface area contributed by atoms with Gasteiger partial charge in [0, 0.05) is 17.7 Å². The molecule has 2 aromatic rings. The molecule has 2 amide bonds. The molecule has 0 aliphatic heterocycles. The van der Waals surface area contributed by atoms with Gasteiger partial charge in [-0.15, -0.1) is 0 Å². The summed E-state index contributed by atoms with van der Waals surface area (Å²) in [5, 5.41) is 12.9. The van der Waals surface area contributed by atoms with Crippen LogP contribution >= 0.6 is 12.2 Å². The fourth-order valence-electron chi connectivity index (χ4n) is 2.10. The van der Waals surface area contributed by atoms with Gasteiger partial charge in [0.1, 0.15) is 5.75 Å². The summed E-state index contributed by atoms with van der Waals surface area (Å²) >= 11 is 4.91. The van der Waals surface area contributed by atoms with Crippen LogP contribution in [0.25, 0.3) is 0 Å². The molecule has 0 spiro atoms. The van der Waals surface area contributed by atoms with E-state index in [2.05, 4.69) is 16.2 Å². The lowest BCUT2D eigenvalue weighted by atomic mass is 10.2. The van der Waals surface area contributed by atoms with E-state index in [9.17, 15) is 19.7 Å². The maximum absolute atomic E-state index is 12.0. The summed E-state index contributed by atoms with van der Waals surface area (Å²) in [7, 11) is 0. The summed E-state index contributed by atoms with van der Waals surface area (Å²) in [5.74, 6) is -0.608. The maximum atomic E-state index is 12.0. The Hall–Kier alpha value is -3.53. The summed E-state index contributed by atoms with van der Waals surface area (Å²) in [6.45, 7) is 1.79. The molecule has 0 bridgehead atoms. The third-order valence-corrected chi connectivity index (χ3v) is 3.77. The average molecular weight is 402 g/mol. The number of rotatable bonds is 6. The number of hydrogen-bond acceptors (Lipinski definition) is 6. The lowest BCUT2D eigenvalue weighted by molar-refractivity contribution is -0.384. The number of nitrogens with zero attached hydrogens (tertiary/aromatic N) is 1. The molecule has 10 heteroatoms. The number of hydrogen-bond donors (Lipinski definition) is 3. The second-order valence-electron chi connectivity index (χ2n) is 5.55. The number of hydrazine groups is 1. The standard InChI is InChI=1S/C18H18N4O5S/c1-2-12-6-8-15(9-7-12)27-11-16(23)20-21-18(28)19-17(24)13-4-3-5-14(10-13)22(25)26/h3-10H,2,11H2,1H3,(H,20,23)(H2,19,21,24,28). The lowest BCUT2D eigenvalue weighted by Gasteiger charge is -2.11. The maximum Gasteiger partial charge on any atom is 0.276 e. The molecule has 0 radical (unpaired) electrons. The molecule has 0 atom stereocenters. The Labute approximate surface area is 166 Å². The molecule has 3 N–H and O–H groups in total. The normalized spacial score (nSPS) is 9.89. The molecule has 0 saturated carbocycles. The fraction of sp³-hybridized carbons (Fsp3) is 0.167. The number of ether oxygens (including phenoxy) is 1. The number of non-ortho nitro benzene ring substituents is 1. The van der Waals surface area contributed by atoms with E-state index in [1.807, 2.05) is 19.1 Å². The van der Waals surface area contributed by atoms with Crippen molar-refractivity contribution in [2.45, 2.75) is 13.3 Å². The van der Waals surface area contributed by atoms with E-state index in [4.69, 9.17) is 17.0 Å². The highest BCUT2D eigenvalue weighted by Crippen LogP contribution is 2.13. The molecule has 9 nitrogen and oxygen atoms in total. The zero-order chi connectivity index (χ0) is 20.5. The number of nitro benzene ring substituents is 1. The topological polar surface area (TPSA) is 123 Å². The summed E-state index contributed by atoms with van der Waals surface area (Å²) in [4.78, 5) is 34.0. The molecule has 2 rings (SSSR count). The third-order valence-electron chi connectivity index (χ3n) is 3.56. The third kappa shape index (κ3) is 6.32. The Bertz CT molecular complexity index is 886. The van der Waals surface area contributed by atoms with Crippen molar-refractivity contribution in [1.29, 1.82) is 0 Å². The van der Waals surface area contributed by atoms with E-state index in [0.29, 0.717) is 5.75 Å². The van der Waals surface area contributed by atoms with Gasteiger partial charge in [0.15, 0.2) is 11.7 Å². The van der Waals surface area contributed by atoms with Crippen LogP contribution in [0, 0.1) is 10.1 Å². The van der Waals surface area contributed by atoms with Crippen molar-refractivity contribution in [2.75, 3.05) is 6.61 Å². The first kappa shape index (κ1) is 20.8. The van der Waals surface area contributed by atoms with Crippen LogP contribution in [0.4, 0.5) is 5.69 Å². The minimum Gasteiger partial charge on any atom is -0.484 e. The summed E-state index contributed by atoms with van der Waals surface area (Å²) in [5.41, 5.74) is 5.64. The van der Waals surface area contributed by atoms with Crippen LogP contribution in [0.15, 0.2) is 48.5 Å². The highest BCUT2D eigenvalue weighted by Gasteiger charge is 2.13. The number of carbonyl (C=O) groups excluding carboxylic acids is 2. The zero-order valence-electron chi connectivity index (χ0n) is 14.9. The van der Waals surface area contributed by atoms with Crippen molar-refractivity contribution in [3.05, 3.63) is 69.8 Å².